The van der Waals surface area contributed by atoms with Crippen molar-refractivity contribution in [2.75, 3.05) is 7.05 Å². The lowest BCUT2D eigenvalue weighted by atomic mass is 10.1. The Kier molecular flexibility index (Phi) is 4.76. The SMILES string of the molecule is CNCc1cc(C)c(C)c(S(=O)(=O)NC(C)(C)C)c1. The number of benzene rings is 1. The minimum absolute atomic E-state index is 0.368. The third-order valence-corrected chi connectivity index (χ3v) is 4.67. The molecule has 4 nitrogen and oxygen atoms in total. The maximum absolute atomic E-state index is 12.4. The van der Waals surface area contributed by atoms with E-state index in [9.17, 15) is 8.42 Å². The van der Waals surface area contributed by atoms with Crippen LogP contribution in [-0.2, 0) is 16.6 Å². The zero-order chi connectivity index (χ0) is 14.8. The van der Waals surface area contributed by atoms with E-state index in [1.807, 2.05) is 47.7 Å². The van der Waals surface area contributed by atoms with E-state index in [0.717, 1.165) is 16.7 Å². The van der Waals surface area contributed by atoms with Gasteiger partial charge in [0.15, 0.2) is 0 Å². The van der Waals surface area contributed by atoms with Gasteiger partial charge in [-0.25, -0.2) is 13.1 Å². The molecular weight excluding hydrogens is 260 g/mol. The van der Waals surface area contributed by atoms with Gasteiger partial charge in [0.2, 0.25) is 10.0 Å². The van der Waals surface area contributed by atoms with E-state index in [1.54, 1.807) is 6.07 Å². The summed E-state index contributed by atoms with van der Waals surface area (Å²) in [7, 11) is -1.65. The molecule has 0 atom stereocenters. The van der Waals surface area contributed by atoms with Gasteiger partial charge in [0.05, 0.1) is 4.90 Å². The van der Waals surface area contributed by atoms with Gasteiger partial charge < -0.3 is 5.32 Å². The molecule has 0 aliphatic carbocycles. The fourth-order valence-electron chi connectivity index (χ4n) is 1.94. The monoisotopic (exact) mass is 284 g/mol. The van der Waals surface area contributed by atoms with Gasteiger partial charge in [0, 0.05) is 12.1 Å². The highest BCUT2D eigenvalue weighted by molar-refractivity contribution is 7.89. The van der Waals surface area contributed by atoms with Gasteiger partial charge in [-0.2, -0.15) is 0 Å². The molecule has 0 amide bonds. The van der Waals surface area contributed by atoms with Crippen molar-refractivity contribution in [3.8, 4) is 0 Å². The molecule has 2 N–H and O–H groups in total. The second-order valence-corrected chi connectivity index (χ2v) is 7.57. The van der Waals surface area contributed by atoms with E-state index < -0.39 is 15.6 Å². The third-order valence-electron chi connectivity index (χ3n) is 2.79. The molecule has 0 aliphatic heterocycles. The van der Waals surface area contributed by atoms with Gasteiger partial charge in [-0.05, 0) is 64.4 Å². The van der Waals surface area contributed by atoms with Crippen LogP contribution in [0.15, 0.2) is 17.0 Å². The number of aryl methyl sites for hydroxylation is 1. The molecule has 0 saturated carbocycles. The minimum atomic E-state index is -3.49. The average Bonchev–Trinajstić information content (AvgIpc) is 2.19. The molecule has 0 bridgehead atoms. The zero-order valence-corrected chi connectivity index (χ0v) is 13.4. The van der Waals surface area contributed by atoms with Crippen LogP contribution >= 0.6 is 0 Å². The van der Waals surface area contributed by atoms with Crippen LogP contribution in [0.3, 0.4) is 0 Å². The lowest BCUT2D eigenvalue weighted by Crippen LogP contribution is -2.40. The summed E-state index contributed by atoms with van der Waals surface area (Å²) in [6.45, 7) is 9.94. The molecule has 0 aliphatic rings. The summed E-state index contributed by atoms with van der Waals surface area (Å²) >= 11 is 0. The number of sulfonamides is 1. The zero-order valence-electron chi connectivity index (χ0n) is 12.6. The van der Waals surface area contributed by atoms with E-state index in [-0.39, 0.29) is 0 Å². The summed E-state index contributed by atoms with van der Waals surface area (Å²) in [5.74, 6) is 0. The minimum Gasteiger partial charge on any atom is -0.316 e. The second-order valence-electron chi connectivity index (χ2n) is 5.92. The van der Waals surface area contributed by atoms with E-state index in [4.69, 9.17) is 0 Å². The molecule has 0 fully saturated rings. The van der Waals surface area contributed by atoms with Gasteiger partial charge in [0.1, 0.15) is 0 Å². The van der Waals surface area contributed by atoms with Crippen LogP contribution in [0.1, 0.15) is 37.5 Å². The Morgan fingerprint density at radius 3 is 2.21 bits per heavy atom. The predicted octanol–water partition coefficient (Wildman–Crippen LogP) is 2.10. The van der Waals surface area contributed by atoms with Crippen molar-refractivity contribution in [1.29, 1.82) is 0 Å². The van der Waals surface area contributed by atoms with Crippen molar-refractivity contribution in [2.24, 2.45) is 0 Å². The highest BCUT2D eigenvalue weighted by atomic mass is 32.2. The highest BCUT2D eigenvalue weighted by Gasteiger charge is 2.24. The van der Waals surface area contributed by atoms with E-state index >= 15 is 0 Å². The molecule has 108 valence electrons. The quantitative estimate of drug-likeness (QED) is 0.890. The van der Waals surface area contributed by atoms with Crippen molar-refractivity contribution in [2.45, 2.75) is 51.6 Å². The highest BCUT2D eigenvalue weighted by Crippen LogP contribution is 2.22. The number of hydrogen-bond acceptors (Lipinski definition) is 3. The Labute approximate surface area is 116 Å². The molecule has 0 saturated heterocycles. The van der Waals surface area contributed by atoms with E-state index in [1.165, 1.54) is 0 Å². The van der Waals surface area contributed by atoms with Gasteiger partial charge in [-0.15, -0.1) is 0 Å². The van der Waals surface area contributed by atoms with Gasteiger partial charge in [0.25, 0.3) is 0 Å². The average molecular weight is 284 g/mol. The Morgan fingerprint density at radius 2 is 1.74 bits per heavy atom. The largest absolute Gasteiger partial charge is 0.316 e. The normalized spacial score (nSPS) is 12.7. The van der Waals surface area contributed by atoms with E-state index in [0.29, 0.717) is 11.4 Å². The van der Waals surface area contributed by atoms with Gasteiger partial charge in [-0.1, -0.05) is 6.07 Å². The first kappa shape index (κ1) is 16.1. The Hall–Kier alpha value is -0.910. The van der Waals surface area contributed by atoms with Crippen LogP contribution < -0.4 is 10.0 Å². The molecular formula is C14H24N2O2S. The summed E-state index contributed by atoms with van der Waals surface area (Å²) in [5, 5.41) is 3.04. The third kappa shape index (κ3) is 4.30. The van der Waals surface area contributed by atoms with Gasteiger partial charge >= 0.3 is 0 Å². The van der Waals surface area contributed by atoms with Crippen LogP contribution in [-0.4, -0.2) is 21.0 Å². The molecule has 0 heterocycles. The smallest absolute Gasteiger partial charge is 0.241 e. The van der Waals surface area contributed by atoms with Crippen molar-refractivity contribution in [3.63, 3.8) is 0 Å². The summed E-state index contributed by atoms with van der Waals surface area (Å²) < 4.78 is 27.6. The molecule has 0 radical (unpaired) electrons. The van der Waals surface area contributed by atoms with Crippen molar-refractivity contribution in [3.05, 3.63) is 28.8 Å². The van der Waals surface area contributed by atoms with Crippen LogP contribution in [0.5, 0.6) is 0 Å². The summed E-state index contributed by atoms with van der Waals surface area (Å²) in [6, 6.07) is 3.76. The Morgan fingerprint density at radius 1 is 1.16 bits per heavy atom. The first-order valence-corrected chi connectivity index (χ1v) is 7.84. The van der Waals surface area contributed by atoms with Crippen LogP contribution in [0.25, 0.3) is 0 Å². The lowest BCUT2D eigenvalue weighted by Gasteiger charge is -2.22. The fourth-order valence-corrected chi connectivity index (χ4v) is 3.73. The van der Waals surface area contributed by atoms with Crippen molar-refractivity contribution >= 4 is 10.0 Å². The van der Waals surface area contributed by atoms with E-state index in [2.05, 4.69) is 10.0 Å². The Balaban J connectivity index is 3.33. The van der Waals surface area contributed by atoms with Crippen molar-refractivity contribution < 1.29 is 8.42 Å². The standard InChI is InChI=1S/C14H24N2O2S/c1-10-7-12(9-15-6)8-13(11(10)2)19(17,18)16-14(3,4)5/h7-8,15-16H,9H2,1-6H3. The summed E-state index contributed by atoms with van der Waals surface area (Å²) in [5.41, 5.74) is 2.27. The topological polar surface area (TPSA) is 58.2 Å². The molecule has 1 rings (SSSR count). The second kappa shape index (κ2) is 5.61. The first-order valence-electron chi connectivity index (χ1n) is 6.35. The number of nitrogens with one attached hydrogen (secondary N) is 2. The van der Waals surface area contributed by atoms with Crippen LogP contribution in [0.2, 0.25) is 0 Å². The maximum Gasteiger partial charge on any atom is 0.241 e. The number of rotatable bonds is 4. The first-order chi connectivity index (χ1) is 8.57. The molecule has 0 unspecified atom stereocenters. The molecule has 0 spiro atoms. The van der Waals surface area contributed by atoms with Gasteiger partial charge in [-0.3, -0.25) is 0 Å². The molecule has 5 heteroatoms. The summed E-state index contributed by atoms with van der Waals surface area (Å²) in [4.78, 5) is 0.368. The lowest BCUT2D eigenvalue weighted by molar-refractivity contribution is 0.491. The summed E-state index contributed by atoms with van der Waals surface area (Å²) in [6.07, 6.45) is 0. The predicted molar refractivity (Wildman–Crippen MR) is 78.8 cm³/mol. The fraction of sp³-hybridized carbons (Fsp3) is 0.571. The molecule has 19 heavy (non-hydrogen) atoms. The maximum atomic E-state index is 12.4. The molecule has 0 aromatic heterocycles. The Bertz CT molecular complexity index is 558. The molecule has 1 aromatic rings. The van der Waals surface area contributed by atoms with Crippen LogP contribution in [0.4, 0.5) is 0 Å². The van der Waals surface area contributed by atoms with Crippen molar-refractivity contribution in [1.82, 2.24) is 10.0 Å². The number of hydrogen-bond donors (Lipinski definition) is 2. The molecule has 1 aromatic carbocycles. The van der Waals surface area contributed by atoms with Crippen LogP contribution in [0, 0.1) is 13.8 Å².